The first kappa shape index (κ1) is 35.6. The molecule has 4 aromatic heterocycles. The van der Waals surface area contributed by atoms with Gasteiger partial charge in [0, 0.05) is 0 Å². The van der Waals surface area contributed by atoms with Gasteiger partial charge in [-0.1, -0.05) is 0 Å². The number of aliphatic hydroxyl groups excluding tert-OH is 2. The van der Waals surface area contributed by atoms with Crippen LogP contribution in [0.1, 0.15) is 12.5 Å². The van der Waals surface area contributed by atoms with Crippen LogP contribution in [0.4, 0.5) is 11.9 Å². The third kappa shape index (κ3) is 6.14. The second kappa shape index (κ2) is 12.6. The molecule has 18 N–H and O–H groups in total. The first-order valence-electron chi connectivity index (χ1n) is 13.3. The van der Waals surface area contributed by atoms with Crippen LogP contribution in [0.5, 0.6) is 0 Å². The Kier molecular flexibility index (Phi) is 9.36. The van der Waals surface area contributed by atoms with Gasteiger partial charge < -0.3 is 62.3 Å². The van der Waals surface area contributed by atoms with Gasteiger partial charge in [0.05, 0.1) is 38.0 Å². The first-order chi connectivity index (χ1) is 21.7. The number of nitrogens with zero attached hydrogens (tertiary/aromatic N) is 6. The highest BCUT2D eigenvalue weighted by Crippen LogP contribution is 2.44. The van der Waals surface area contributed by atoms with Gasteiger partial charge in [-0.25, -0.2) is 20.1 Å². The Morgan fingerprint density at radius 3 is 1.52 bits per heavy atom. The van der Waals surface area contributed by atoms with Gasteiger partial charge in [-0.05, 0) is 0 Å². The first-order valence-corrected chi connectivity index (χ1v) is 16.4. The molecule has 0 aromatic carbocycles. The third-order valence-electron chi connectivity index (χ3n) is 7.63. The van der Waals surface area contributed by atoms with Crippen molar-refractivity contribution < 1.29 is 47.7 Å². The molecule has 0 spiro atoms. The molecular weight excluding hydrogens is 690 g/mol. The topological polar surface area (TPSA) is 434 Å². The normalized spacial score (nSPS) is 35.6. The number of aromatic amines is 2. The molecule has 264 valence electrons. The van der Waals surface area contributed by atoms with E-state index >= 15 is 0 Å². The number of imidazole rings is 2. The fraction of sp³-hybridized carbons (Fsp3) is 0.500. The number of rotatable bonds is 2. The second-order valence-electron chi connectivity index (χ2n) is 10.6. The van der Waals surface area contributed by atoms with Crippen LogP contribution in [0.15, 0.2) is 22.2 Å². The lowest BCUT2D eigenvalue weighted by Crippen LogP contribution is -2.50. The van der Waals surface area contributed by atoms with Gasteiger partial charge in [-0.15, -0.1) is 0 Å². The van der Waals surface area contributed by atoms with E-state index in [1.54, 1.807) is 0 Å². The number of aromatic nitrogens is 8. The molecule has 26 nitrogen and oxygen atoms in total. The van der Waals surface area contributed by atoms with Crippen LogP contribution in [0.2, 0.25) is 0 Å². The zero-order valence-corrected chi connectivity index (χ0v) is 26.7. The molecule has 0 saturated carbocycles. The van der Waals surface area contributed by atoms with Gasteiger partial charge in [0.1, 0.15) is 24.4 Å². The molecule has 3 aliphatic rings. The number of hydrogen-bond donors (Lipinski definition) is 10. The van der Waals surface area contributed by atoms with Gasteiger partial charge in [0.15, 0.2) is 34.8 Å². The quantitative estimate of drug-likeness (QED) is 0.0873. The monoisotopic (exact) mass is 722 g/mol. The molecular formula is C20H32N14O12P2. The lowest BCUT2D eigenvalue weighted by molar-refractivity contribution is -0.209. The smallest absolute Gasteiger partial charge is 0.280 e. The van der Waals surface area contributed by atoms with Gasteiger partial charge in [0.2, 0.25) is 27.4 Å². The Labute approximate surface area is 266 Å². The number of anilines is 2. The molecule has 7 rings (SSSR count). The Balaban J connectivity index is 0.00000225. The molecule has 3 aliphatic heterocycles. The summed E-state index contributed by atoms with van der Waals surface area (Å²) in [4.78, 5) is 71.0. The average molecular weight is 723 g/mol. The highest BCUT2D eigenvalue weighted by Gasteiger charge is 2.50. The van der Waals surface area contributed by atoms with E-state index in [2.05, 4.69) is 40.1 Å². The maximum atomic E-state index is 13.1. The molecule has 48 heavy (non-hydrogen) atoms. The largest absolute Gasteiger partial charge is 0.766 e. The van der Waals surface area contributed by atoms with Crippen LogP contribution in [-0.4, -0.2) is 99.0 Å². The van der Waals surface area contributed by atoms with Crippen LogP contribution in [0, 0.1) is 0 Å². The Morgan fingerprint density at radius 1 is 0.771 bits per heavy atom. The number of nitrogen functional groups attached to an aromatic ring is 2. The Morgan fingerprint density at radius 2 is 1.15 bits per heavy atom. The van der Waals surface area contributed by atoms with E-state index in [1.807, 2.05) is 0 Å². The van der Waals surface area contributed by atoms with Crippen molar-refractivity contribution in [3.05, 3.63) is 33.4 Å². The summed E-state index contributed by atoms with van der Waals surface area (Å²) in [5, 5.41) is 26.6. The van der Waals surface area contributed by atoms with Crippen LogP contribution in [0.25, 0.3) is 22.3 Å². The summed E-state index contributed by atoms with van der Waals surface area (Å²) < 4.78 is 50.2. The molecule has 3 fully saturated rings. The van der Waals surface area contributed by atoms with Crippen molar-refractivity contribution in [2.75, 3.05) is 24.7 Å². The van der Waals surface area contributed by atoms with Crippen molar-refractivity contribution in [3.8, 4) is 0 Å². The molecule has 7 heterocycles. The number of ether oxygens (including phenoxy) is 2. The predicted molar refractivity (Wildman–Crippen MR) is 158 cm³/mol. The van der Waals surface area contributed by atoms with E-state index in [0.29, 0.717) is 0 Å². The number of quaternary nitrogens is 2. The minimum atomic E-state index is -5.09. The highest BCUT2D eigenvalue weighted by atomic mass is 31.2. The molecule has 0 aliphatic carbocycles. The third-order valence-corrected chi connectivity index (χ3v) is 9.84. The molecule has 10 atom stereocenters. The number of nitrogens with one attached hydrogen (secondary N) is 4. The van der Waals surface area contributed by atoms with Crippen LogP contribution >= 0.6 is 15.5 Å². The summed E-state index contributed by atoms with van der Waals surface area (Å²) in [7, 11) is -10.2. The van der Waals surface area contributed by atoms with Crippen LogP contribution < -0.4 is 54.8 Å². The summed E-state index contributed by atoms with van der Waals surface area (Å²) in [6, 6.07) is -3.09. The van der Waals surface area contributed by atoms with E-state index in [0.717, 1.165) is 21.8 Å². The maximum absolute atomic E-state index is 13.1. The molecule has 0 radical (unpaired) electrons. The lowest BCUT2D eigenvalue weighted by atomic mass is 10.1. The second-order valence-corrected chi connectivity index (χ2v) is 13.6. The summed E-state index contributed by atoms with van der Waals surface area (Å²) in [5.74, 6) is -0.550. The van der Waals surface area contributed by atoms with Crippen molar-refractivity contribution in [2.45, 2.75) is 49.0 Å². The fourth-order valence-corrected chi connectivity index (χ4v) is 7.79. The predicted octanol–water partition coefficient (Wildman–Crippen LogP) is -4.41. The summed E-state index contributed by atoms with van der Waals surface area (Å²) in [6.07, 6.45) is -7.04. The van der Waals surface area contributed by atoms with Crippen molar-refractivity contribution in [2.24, 2.45) is 0 Å². The molecule has 3 saturated heterocycles. The lowest BCUT2D eigenvalue weighted by Gasteiger charge is -2.36. The van der Waals surface area contributed by atoms with E-state index < -0.39 is 88.8 Å². The van der Waals surface area contributed by atoms with Crippen LogP contribution in [-0.2, 0) is 27.7 Å². The van der Waals surface area contributed by atoms with Gasteiger partial charge in [-0.3, -0.25) is 37.8 Å². The maximum Gasteiger partial charge on any atom is 0.280 e. The minimum Gasteiger partial charge on any atom is -0.766 e. The Bertz CT molecular complexity index is 1910. The van der Waals surface area contributed by atoms with Gasteiger partial charge in [0.25, 0.3) is 11.1 Å². The molecule has 28 heteroatoms. The number of fused-ring (bicyclic) bond motifs is 4. The average Bonchev–Trinajstić information content (AvgIpc) is 3.72. The number of nitrogens with two attached hydrogens (primary N) is 2. The molecule has 2 unspecified atom stereocenters. The van der Waals surface area contributed by atoms with E-state index in [9.17, 15) is 38.7 Å². The zero-order chi connectivity index (χ0) is 32.7. The number of H-pyrrole nitrogens is 2. The summed E-state index contributed by atoms with van der Waals surface area (Å²) in [6.45, 7) is -1.67. The van der Waals surface area contributed by atoms with Gasteiger partial charge >= 0.3 is 0 Å². The summed E-state index contributed by atoms with van der Waals surface area (Å²) >= 11 is 0. The number of hydrogen-bond acceptors (Lipinski definition) is 18. The SMILES string of the molecule is Nc1nc2c(ncn2[C@@H]2O[C@@H]3COP(=O)([O-])N[C@H]4[C@@H](O)[C@H](n5cnc6c(=O)[nH]c(N)nc65)O[C@@H]4COP(=O)([O-])N[C@H]3[C@H]2O)c(=O)[nH]1.[NH4+].[NH4+]. The van der Waals surface area contributed by atoms with Crippen molar-refractivity contribution >= 4 is 49.7 Å². The molecule has 0 amide bonds. The standard InChI is InChI=1S/C20H26N12O12P2.2H3N/c21-19-25-13-9(15(35)27-19)23-3-31(13)17-11(33)7-5(43-17)1-41-45(37,38)30-8-6(2-42-46(39,40)29-7)44-18(12(8)34)32-4-24-10-14(32)26-20(22)28-16(10)36;;/h3-8,11-12,17-18,33-34H,1-2H2,(H2,29,39,40)(H2,30,37,38)(H3,21,25,27,35)(H3,22,26,28,36);2*1H3/t5-,6-,7-,8-,11-,12-,17-,18-;;/m1../s1. The fourth-order valence-electron chi connectivity index (χ4n) is 5.59. The zero-order valence-electron chi connectivity index (χ0n) is 24.9. The minimum absolute atomic E-state index is 0. The van der Waals surface area contributed by atoms with Crippen molar-refractivity contribution in [1.82, 2.24) is 61.5 Å². The molecule has 0 bridgehead atoms. The van der Waals surface area contributed by atoms with E-state index in [1.165, 1.54) is 0 Å². The van der Waals surface area contributed by atoms with Crippen LogP contribution in [0.3, 0.4) is 0 Å². The summed E-state index contributed by atoms with van der Waals surface area (Å²) in [5.41, 5.74) is 9.34. The van der Waals surface area contributed by atoms with E-state index in [-0.39, 0.29) is 46.5 Å². The van der Waals surface area contributed by atoms with Gasteiger partial charge in [-0.2, -0.15) is 9.97 Å². The number of aliphatic hydroxyl groups is 2. The highest BCUT2D eigenvalue weighted by molar-refractivity contribution is 7.49. The molecule has 4 aromatic rings. The van der Waals surface area contributed by atoms with E-state index in [4.69, 9.17) is 30.0 Å². The Hall–Kier alpha value is -3.72. The van der Waals surface area contributed by atoms with Crippen molar-refractivity contribution in [3.63, 3.8) is 0 Å². The van der Waals surface area contributed by atoms with Crippen molar-refractivity contribution in [1.29, 1.82) is 0 Å².